The van der Waals surface area contributed by atoms with Crippen molar-refractivity contribution >= 4 is 29.3 Å². The van der Waals surface area contributed by atoms with Crippen LogP contribution in [0, 0.1) is 10.1 Å². The first-order valence-corrected chi connectivity index (χ1v) is 6.57. The van der Waals surface area contributed by atoms with Gasteiger partial charge in [0.1, 0.15) is 5.37 Å². The van der Waals surface area contributed by atoms with Crippen LogP contribution in [-0.2, 0) is 15.0 Å². The molecule has 2 aliphatic rings. The van der Waals surface area contributed by atoms with Gasteiger partial charge in [-0.05, 0) is 11.0 Å². The van der Waals surface area contributed by atoms with Crippen LogP contribution < -0.4 is 0 Å². The predicted molar refractivity (Wildman–Crippen MR) is 69.8 cm³/mol. The molecule has 20 heavy (non-hydrogen) atoms. The summed E-state index contributed by atoms with van der Waals surface area (Å²) in [6.07, 6.45) is 1.52. The molecule has 1 unspecified atom stereocenters. The number of nitro benzene ring substituents is 1. The number of hydrogen-bond donors (Lipinski definition) is 1. The molecule has 8 heteroatoms. The van der Waals surface area contributed by atoms with Crippen molar-refractivity contribution in [2.75, 3.05) is 0 Å². The van der Waals surface area contributed by atoms with E-state index < -0.39 is 27.6 Å². The van der Waals surface area contributed by atoms with Gasteiger partial charge in [-0.15, -0.1) is 11.8 Å². The van der Waals surface area contributed by atoms with Gasteiger partial charge in [0.05, 0.1) is 4.92 Å². The number of carbonyl (C=O) groups is 2. The Morgan fingerprint density at radius 2 is 2.25 bits per heavy atom. The number of aliphatic carboxylic acids is 1. The molecule has 0 aliphatic carbocycles. The zero-order chi connectivity index (χ0) is 14.5. The predicted octanol–water partition coefficient (Wildman–Crippen LogP) is 1.30. The highest BCUT2D eigenvalue weighted by Gasteiger charge is 2.68. The van der Waals surface area contributed by atoms with Crippen molar-refractivity contribution in [3.8, 4) is 0 Å². The highest BCUT2D eigenvalue weighted by atomic mass is 32.2. The van der Waals surface area contributed by atoms with E-state index in [1.807, 2.05) is 0 Å². The lowest BCUT2D eigenvalue weighted by Crippen LogP contribution is -2.70. The Bertz CT molecular complexity index is 674. The number of rotatable bonds is 3. The highest BCUT2D eigenvalue weighted by Crippen LogP contribution is 2.51. The van der Waals surface area contributed by atoms with E-state index in [0.29, 0.717) is 0 Å². The van der Waals surface area contributed by atoms with Gasteiger partial charge in [0.2, 0.25) is 5.41 Å². The number of carboxylic acid groups (broad SMARTS) is 1. The van der Waals surface area contributed by atoms with Crippen LogP contribution in [0.4, 0.5) is 5.69 Å². The fraction of sp³-hybridized carbons (Fsp3) is 0.167. The second kappa shape index (κ2) is 4.07. The molecule has 3 rings (SSSR count). The minimum Gasteiger partial charge on any atom is -0.480 e. The third-order valence-electron chi connectivity index (χ3n) is 3.47. The van der Waals surface area contributed by atoms with E-state index in [2.05, 4.69) is 0 Å². The third kappa shape index (κ3) is 1.36. The van der Waals surface area contributed by atoms with Crippen molar-refractivity contribution in [3.63, 3.8) is 0 Å². The van der Waals surface area contributed by atoms with E-state index in [-0.39, 0.29) is 11.3 Å². The summed E-state index contributed by atoms with van der Waals surface area (Å²) in [5.74, 6) is -1.86. The van der Waals surface area contributed by atoms with Crippen LogP contribution in [-0.4, -0.2) is 32.2 Å². The van der Waals surface area contributed by atoms with Crippen LogP contribution in [0.2, 0.25) is 0 Å². The summed E-state index contributed by atoms with van der Waals surface area (Å²) in [5, 5.41) is 21.4. The molecule has 2 heterocycles. The van der Waals surface area contributed by atoms with Crippen molar-refractivity contribution in [2.45, 2.75) is 10.8 Å². The number of carboxylic acids is 1. The number of fused-ring (bicyclic) bond motifs is 1. The molecule has 0 radical (unpaired) electrons. The van der Waals surface area contributed by atoms with Gasteiger partial charge >= 0.3 is 5.97 Å². The van der Waals surface area contributed by atoms with E-state index in [0.717, 1.165) is 6.07 Å². The molecule has 7 nitrogen and oxygen atoms in total. The lowest BCUT2D eigenvalue weighted by Gasteiger charge is -2.48. The molecule has 1 saturated heterocycles. The number of β-lactam (4-membered cyclic amide) rings is 1. The van der Waals surface area contributed by atoms with Crippen LogP contribution in [0.25, 0.3) is 0 Å². The smallest absolute Gasteiger partial charge is 0.326 e. The first-order chi connectivity index (χ1) is 9.49. The number of nitrogens with zero attached hydrogens (tertiary/aromatic N) is 2. The lowest BCUT2D eigenvalue weighted by molar-refractivity contribution is -0.384. The Balaban J connectivity index is 2.14. The quantitative estimate of drug-likeness (QED) is 0.390. The van der Waals surface area contributed by atoms with E-state index in [1.54, 1.807) is 5.41 Å². The van der Waals surface area contributed by atoms with Crippen molar-refractivity contribution in [2.24, 2.45) is 0 Å². The van der Waals surface area contributed by atoms with E-state index in [9.17, 15) is 24.8 Å². The first kappa shape index (κ1) is 12.7. The van der Waals surface area contributed by atoms with E-state index in [4.69, 9.17) is 0 Å². The topological polar surface area (TPSA) is 101 Å². The molecule has 0 spiro atoms. The third-order valence-corrected chi connectivity index (χ3v) is 4.59. The van der Waals surface area contributed by atoms with Crippen molar-refractivity contribution < 1.29 is 19.6 Å². The average molecular weight is 292 g/mol. The SMILES string of the molecule is O=C(O)C1(c2cccc([N+](=O)[O-])c2)C(=O)N2C=CS[C@H]21. The number of nitro groups is 1. The molecule has 0 aromatic heterocycles. The highest BCUT2D eigenvalue weighted by molar-refractivity contribution is 8.03. The van der Waals surface area contributed by atoms with Crippen LogP contribution in [0.1, 0.15) is 5.56 Å². The van der Waals surface area contributed by atoms with Gasteiger partial charge in [0.15, 0.2) is 0 Å². The number of non-ortho nitro benzene ring substituents is 1. The zero-order valence-corrected chi connectivity index (χ0v) is 10.7. The molecular formula is C12H8N2O5S. The normalized spacial score (nSPS) is 27.1. The van der Waals surface area contributed by atoms with Crippen LogP contribution in [0.3, 0.4) is 0 Å². The zero-order valence-electron chi connectivity index (χ0n) is 9.92. The summed E-state index contributed by atoms with van der Waals surface area (Å²) < 4.78 is 0. The number of carbonyl (C=O) groups excluding carboxylic acids is 1. The van der Waals surface area contributed by atoms with Gasteiger partial charge < -0.3 is 10.0 Å². The minimum absolute atomic E-state index is 0.140. The molecule has 0 saturated carbocycles. The van der Waals surface area contributed by atoms with Gasteiger partial charge in [-0.1, -0.05) is 12.1 Å². The second-order valence-electron chi connectivity index (χ2n) is 4.41. The molecule has 1 aromatic rings. The van der Waals surface area contributed by atoms with Crippen LogP contribution in [0.5, 0.6) is 0 Å². The Hall–Kier alpha value is -2.35. The monoisotopic (exact) mass is 292 g/mol. The summed E-state index contributed by atoms with van der Waals surface area (Å²) in [6.45, 7) is 0. The Morgan fingerprint density at radius 1 is 1.50 bits per heavy atom. The van der Waals surface area contributed by atoms with E-state index in [1.165, 1.54) is 41.1 Å². The molecule has 1 fully saturated rings. The summed E-state index contributed by atoms with van der Waals surface area (Å²) in [6, 6.07) is 5.25. The van der Waals surface area contributed by atoms with Gasteiger partial charge in [-0.3, -0.25) is 19.7 Å². The summed E-state index contributed by atoms with van der Waals surface area (Å²) in [7, 11) is 0. The molecule has 1 N–H and O–H groups in total. The summed E-state index contributed by atoms with van der Waals surface area (Å²) in [5.41, 5.74) is -1.84. The number of thioether (sulfide) groups is 1. The lowest BCUT2D eigenvalue weighted by atomic mass is 9.72. The largest absolute Gasteiger partial charge is 0.480 e. The maximum atomic E-state index is 12.2. The van der Waals surface area contributed by atoms with Gasteiger partial charge in [0, 0.05) is 18.3 Å². The van der Waals surface area contributed by atoms with Crippen LogP contribution in [0.15, 0.2) is 35.9 Å². The molecule has 102 valence electrons. The van der Waals surface area contributed by atoms with Crippen molar-refractivity contribution in [3.05, 3.63) is 51.6 Å². The molecular weight excluding hydrogens is 284 g/mol. The molecule has 0 bridgehead atoms. The Labute approximate surface area is 117 Å². The molecule has 2 aliphatic heterocycles. The first-order valence-electron chi connectivity index (χ1n) is 5.63. The van der Waals surface area contributed by atoms with Gasteiger partial charge in [0.25, 0.3) is 11.6 Å². The molecule has 2 atom stereocenters. The van der Waals surface area contributed by atoms with Crippen molar-refractivity contribution in [1.82, 2.24) is 4.90 Å². The Morgan fingerprint density at radius 3 is 2.90 bits per heavy atom. The van der Waals surface area contributed by atoms with Gasteiger partial charge in [-0.25, -0.2) is 0 Å². The number of hydrogen-bond acceptors (Lipinski definition) is 5. The minimum atomic E-state index is -1.75. The fourth-order valence-corrected chi connectivity index (χ4v) is 3.69. The Kier molecular flexibility index (Phi) is 2.58. The van der Waals surface area contributed by atoms with Crippen molar-refractivity contribution in [1.29, 1.82) is 0 Å². The fourth-order valence-electron chi connectivity index (χ4n) is 2.50. The number of amides is 1. The molecule has 1 aromatic carbocycles. The average Bonchev–Trinajstić information content (AvgIpc) is 2.84. The number of benzene rings is 1. The van der Waals surface area contributed by atoms with Gasteiger partial charge in [-0.2, -0.15) is 0 Å². The second-order valence-corrected chi connectivity index (χ2v) is 5.40. The maximum absolute atomic E-state index is 12.2. The summed E-state index contributed by atoms with van der Waals surface area (Å²) in [4.78, 5) is 35.4. The summed E-state index contributed by atoms with van der Waals surface area (Å²) >= 11 is 1.21. The standard InChI is InChI=1S/C12H8N2O5S/c15-9-12(11(16)17,10-13(9)4-5-20-10)7-2-1-3-8(6-7)14(18)19/h1-6,10H,(H,16,17)/t10-,12?/m0/s1. The van der Waals surface area contributed by atoms with E-state index >= 15 is 0 Å². The maximum Gasteiger partial charge on any atom is 0.326 e. The van der Waals surface area contributed by atoms with Crippen LogP contribution >= 0.6 is 11.8 Å². The molecule has 1 amide bonds.